The summed E-state index contributed by atoms with van der Waals surface area (Å²) >= 11 is 0. The van der Waals surface area contributed by atoms with E-state index in [4.69, 9.17) is 0 Å². The Morgan fingerprint density at radius 1 is 1.03 bits per heavy atom. The lowest BCUT2D eigenvalue weighted by Crippen LogP contribution is -2.52. The Kier molecular flexibility index (Phi) is 6.70. The minimum absolute atomic E-state index is 0.307. The first kappa shape index (κ1) is 20.2. The molecule has 2 heterocycles. The maximum Gasteiger partial charge on any atom is 0.225 e. The Morgan fingerprint density at radius 2 is 1.76 bits per heavy atom. The third-order valence-electron chi connectivity index (χ3n) is 6.74. The minimum Gasteiger partial charge on any atom is -0.355 e. The molecule has 0 radical (unpaired) electrons. The van der Waals surface area contributed by atoms with Crippen molar-refractivity contribution < 1.29 is 4.79 Å². The molecule has 6 nitrogen and oxygen atoms in total. The highest BCUT2D eigenvalue weighted by atomic mass is 16.2. The van der Waals surface area contributed by atoms with Gasteiger partial charge in [-0.15, -0.1) is 0 Å². The smallest absolute Gasteiger partial charge is 0.225 e. The monoisotopic (exact) mass is 397 g/mol. The van der Waals surface area contributed by atoms with E-state index in [0.29, 0.717) is 11.8 Å². The number of nitrogens with one attached hydrogen (secondary N) is 1. The minimum atomic E-state index is 0.307. The van der Waals surface area contributed by atoms with Gasteiger partial charge in [0.2, 0.25) is 5.91 Å². The lowest BCUT2D eigenvalue weighted by Gasteiger charge is -2.36. The maximum atomic E-state index is 12.6. The molecule has 1 aromatic carbocycles. The summed E-state index contributed by atoms with van der Waals surface area (Å²) in [6.07, 6.45) is 5.73. The molecule has 3 aliphatic rings. The molecular formula is C23H35N5O. The topological polar surface area (TPSA) is 51.2 Å². The van der Waals surface area contributed by atoms with Gasteiger partial charge in [-0.05, 0) is 30.4 Å². The quantitative estimate of drug-likeness (QED) is 0.623. The fourth-order valence-corrected chi connectivity index (χ4v) is 4.96. The van der Waals surface area contributed by atoms with Crippen LogP contribution in [0.25, 0.3) is 0 Å². The number of fused-ring (bicyclic) bond motifs is 1. The zero-order valence-electron chi connectivity index (χ0n) is 17.8. The van der Waals surface area contributed by atoms with Crippen LogP contribution in [0.5, 0.6) is 0 Å². The molecule has 1 saturated carbocycles. The Bertz CT molecular complexity index is 720. The van der Waals surface area contributed by atoms with Crippen LogP contribution in [0.1, 0.15) is 36.8 Å². The molecule has 0 atom stereocenters. The van der Waals surface area contributed by atoms with Crippen molar-refractivity contribution in [3.8, 4) is 0 Å². The fourth-order valence-electron chi connectivity index (χ4n) is 4.96. The van der Waals surface area contributed by atoms with Crippen molar-refractivity contribution in [1.82, 2.24) is 20.0 Å². The second-order valence-corrected chi connectivity index (χ2v) is 8.56. The van der Waals surface area contributed by atoms with Crippen molar-refractivity contribution in [1.29, 1.82) is 0 Å². The first-order valence-electron chi connectivity index (χ1n) is 11.3. The molecule has 1 amide bonds. The summed E-state index contributed by atoms with van der Waals surface area (Å²) < 4.78 is 0. The molecule has 6 heteroatoms. The third kappa shape index (κ3) is 4.92. The predicted octanol–water partition coefficient (Wildman–Crippen LogP) is 1.95. The summed E-state index contributed by atoms with van der Waals surface area (Å²) in [4.78, 5) is 24.0. The van der Waals surface area contributed by atoms with Gasteiger partial charge in [0, 0.05) is 65.3 Å². The van der Waals surface area contributed by atoms with Crippen LogP contribution in [-0.2, 0) is 17.8 Å². The first-order chi connectivity index (χ1) is 14.2. The number of benzene rings is 1. The molecule has 2 aliphatic heterocycles. The zero-order valence-corrected chi connectivity index (χ0v) is 17.8. The van der Waals surface area contributed by atoms with Gasteiger partial charge in [-0.1, -0.05) is 37.1 Å². The molecular weight excluding hydrogens is 362 g/mol. The summed E-state index contributed by atoms with van der Waals surface area (Å²) in [7, 11) is 1.87. The van der Waals surface area contributed by atoms with Crippen LogP contribution in [0.3, 0.4) is 0 Å². The molecule has 4 rings (SSSR count). The molecule has 0 spiro atoms. The van der Waals surface area contributed by atoms with Crippen molar-refractivity contribution in [2.24, 2.45) is 10.9 Å². The van der Waals surface area contributed by atoms with E-state index < -0.39 is 0 Å². The summed E-state index contributed by atoms with van der Waals surface area (Å²) in [5.41, 5.74) is 2.87. The molecule has 29 heavy (non-hydrogen) atoms. The van der Waals surface area contributed by atoms with E-state index in [1.807, 2.05) is 7.05 Å². The lowest BCUT2D eigenvalue weighted by atomic mass is 10.0. The van der Waals surface area contributed by atoms with Gasteiger partial charge in [0.05, 0.1) is 0 Å². The molecule has 0 bridgehead atoms. The number of guanidine groups is 1. The third-order valence-corrected chi connectivity index (χ3v) is 6.74. The molecule has 2 fully saturated rings. The van der Waals surface area contributed by atoms with Crippen LogP contribution in [0.4, 0.5) is 0 Å². The summed E-state index contributed by atoms with van der Waals surface area (Å²) in [6.45, 7) is 7.55. The van der Waals surface area contributed by atoms with Gasteiger partial charge in [-0.25, -0.2) is 0 Å². The Balaban J connectivity index is 1.19. The van der Waals surface area contributed by atoms with Crippen molar-refractivity contribution in [3.05, 3.63) is 35.4 Å². The van der Waals surface area contributed by atoms with Gasteiger partial charge in [-0.3, -0.25) is 14.7 Å². The molecule has 158 valence electrons. The van der Waals surface area contributed by atoms with Gasteiger partial charge in [0.1, 0.15) is 0 Å². The number of nitrogens with zero attached hydrogens (tertiary/aromatic N) is 4. The summed E-state index contributed by atoms with van der Waals surface area (Å²) in [5.74, 6) is 1.71. The highest BCUT2D eigenvalue weighted by Crippen LogP contribution is 2.26. The summed E-state index contributed by atoms with van der Waals surface area (Å²) in [5, 5.41) is 3.55. The number of piperazine rings is 1. The fraction of sp³-hybridized carbons (Fsp3) is 0.652. The number of hydrogen-bond donors (Lipinski definition) is 1. The van der Waals surface area contributed by atoms with Crippen LogP contribution < -0.4 is 5.32 Å². The van der Waals surface area contributed by atoms with E-state index in [1.54, 1.807) is 0 Å². The van der Waals surface area contributed by atoms with Crippen LogP contribution in [-0.4, -0.2) is 79.4 Å². The number of carbonyl (C=O) groups is 1. The number of aliphatic imine (C=N–C) groups is 1. The Hall–Kier alpha value is -2.08. The zero-order chi connectivity index (χ0) is 20.1. The average molecular weight is 398 g/mol. The molecule has 1 saturated heterocycles. The van der Waals surface area contributed by atoms with E-state index in [2.05, 4.69) is 49.3 Å². The second kappa shape index (κ2) is 9.61. The highest BCUT2D eigenvalue weighted by Gasteiger charge is 2.29. The Labute approximate surface area is 175 Å². The molecule has 0 unspecified atom stereocenters. The Morgan fingerprint density at radius 3 is 2.48 bits per heavy atom. The predicted molar refractivity (Wildman–Crippen MR) is 117 cm³/mol. The van der Waals surface area contributed by atoms with Gasteiger partial charge >= 0.3 is 0 Å². The van der Waals surface area contributed by atoms with Crippen LogP contribution in [0.2, 0.25) is 0 Å². The number of amides is 1. The van der Waals surface area contributed by atoms with E-state index in [-0.39, 0.29) is 0 Å². The van der Waals surface area contributed by atoms with E-state index >= 15 is 0 Å². The van der Waals surface area contributed by atoms with E-state index in [1.165, 1.54) is 24.0 Å². The van der Waals surface area contributed by atoms with Gasteiger partial charge in [0.15, 0.2) is 5.96 Å². The van der Waals surface area contributed by atoms with E-state index in [0.717, 1.165) is 77.6 Å². The molecule has 0 aromatic heterocycles. The van der Waals surface area contributed by atoms with Crippen LogP contribution >= 0.6 is 0 Å². The number of carbonyl (C=O) groups excluding carboxylic acids is 1. The van der Waals surface area contributed by atoms with Gasteiger partial charge < -0.3 is 15.1 Å². The molecule has 1 aliphatic carbocycles. The van der Waals surface area contributed by atoms with Crippen molar-refractivity contribution in [3.63, 3.8) is 0 Å². The highest BCUT2D eigenvalue weighted by molar-refractivity contribution is 5.80. The number of rotatable bonds is 4. The number of hydrogen-bond acceptors (Lipinski definition) is 3. The second-order valence-electron chi connectivity index (χ2n) is 8.56. The average Bonchev–Trinajstić information content (AvgIpc) is 3.31. The van der Waals surface area contributed by atoms with Crippen LogP contribution in [0, 0.1) is 5.92 Å². The van der Waals surface area contributed by atoms with Crippen LogP contribution in [0.15, 0.2) is 29.3 Å². The first-order valence-corrected chi connectivity index (χ1v) is 11.3. The molecule has 1 aromatic rings. The van der Waals surface area contributed by atoms with Gasteiger partial charge in [-0.2, -0.15) is 0 Å². The lowest BCUT2D eigenvalue weighted by molar-refractivity contribution is -0.137. The molecule has 1 N–H and O–H groups in total. The summed E-state index contributed by atoms with van der Waals surface area (Å²) in [6, 6.07) is 8.71. The SMILES string of the molecule is CN=C(NCCN1CCN(C(=O)C2CCCC2)CC1)N1CCc2ccccc2C1. The van der Waals surface area contributed by atoms with E-state index in [9.17, 15) is 4.79 Å². The van der Waals surface area contributed by atoms with Crippen molar-refractivity contribution in [2.75, 3.05) is 52.9 Å². The normalized spacial score (nSPS) is 21.3. The van der Waals surface area contributed by atoms with Gasteiger partial charge in [0.25, 0.3) is 0 Å². The van der Waals surface area contributed by atoms with Crippen molar-refractivity contribution >= 4 is 11.9 Å². The standard InChI is InChI=1S/C23H35N5O/c1-24-23(28-12-10-19-6-2-5-9-21(19)18-28)25-11-13-26-14-16-27(17-15-26)22(29)20-7-3-4-8-20/h2,5-6,9,20H,3-4,7-8,10-18H2,1H3,(H,24,25). The largest absolute Gasteiger partial charge is 0.355 e. The van der Waals surface area contributed by atoms with Crippen molar-refractivity contribution in [2.45, 2.75) is 38.6 Å². The maximum absolute atomic E-state index is 12.6.